The van der Waals surface area contributed by atoms with E-state index in [-0.39, 0.29) is 6.29 Å². The second-order valence-corrected chi connectivity index (χ2v) is 4.47. The van der Waals surface area contributed by atoms with Crippen LogP contribution in [0.3, 0.4) is 0 Å². The normalized spacial score (nSPS) is 11.6. The summed E-state index contributed by atoms with van der Waals surface area (Å²) in [5.74, 6) is 0. The smallest absolute Gasteiger partial charge is 0.199 e. The highest BCUT2D eigenvalue weighted by Gasteiger charge is 2.17. The van der Waals surface area contributed by atoms with Crippen molar-refractivity contribution in [1.29, 1.82) is 0 Å². The zero-order valence-corrected chi connectivity index (χ0v) is 11.8. The van der Waals surface area contributed by atoms with E-state index in [1.807, 2.05) is 20.9 Å². The lowest BCUT2D eigenvalue weighted by Gasteiger charge is -2.17. The highest BCUT2D eigenvalue weighted by atomic mass is 16.7. The van der Waals surface area contributed by atoms with Gasteiger partial charge in [0.2, 0.25) is 0 Å². The third-order valence-electron chi connectivity index (χ3n) is 3.26. The molecule has 0 aliphatic carbocycles. The number of benzene rings is 1. The van der Waals surface area contributed by atoms with Crippen molar-refractivity contribution in [1.82, 2.24) is 4.57 Å². The Morgan fingerprint density at radius 1 is 1.16 bits per heavy atom. The van der Waals surface area contributed by atoms with E-state index in [1.165, 1.54) is 5.39 Å². The molecule has 2 rings (SSSR count). The van der Waals surface area contributed by atoms with Crippen LogP contribution in [-0.2, 0) is 23.1 Å². The zero-order valence-electron chi connectivity index (χ0n) is 11.8. The topological polar surface area (TPSA) is 49.4 Å². The van der Waals surface area contributed by atoms with Gasteiger partial charge in [-0.1, -0.05) is 12.1 Å². The van der Waals surface area contributed by atoms with Crippen LogP contribution in [0.1, 0.15) is 31.4 Å². The van der Waals surface area contributed by atoms with Crippen molar-refractivity contribution in [3.63, 3.8) is 0 Å². The first-order chi connectivity index (χ1) is 9.21. The van der Waals surface area contributed by atoms with Crippen LogP contribution in [0.4, 0.5) is 0 Å². The molecule has 1 aromatic carbocycles. The molecule has 4 heteroatoms. The molecule has 0 saturated heterocycles. The number of ether oxygens (including phenoxy) is 2. The molecule has 104 valence electrons. The second kappa shape index (κ2) is 6.19. The molecule has 1 aromatic heterocycles. The van der Waals surface area contributed by atoms with E-state index in [0.717, 1.165) is 16.8 Å². The van der Waals surface area contributed by atoms with E-state index in [9.17, 15) is 0 Å². The summed E-state index contributed by atoms with van der Waals surface area (Å²) in [5, 5.41) is 1.18. The third kappa shape index (κ3) is 2.81. The van der Waals surface area contributed by atoms with Gasteiger partial charge in [-0.15, -0.1) is 0 Å². The number of nitrogens with zero attached hydrogens (tertiary/aromatic N) is 1. The summed E-state index contributed by atoms with van der Waals surface area (Å²) < 4.78 is 13.5. The highest BCUT2D eigenvalue weighted by Crippen LogP contribution is 2.27. The highest BCUT2D eigenvalue weighted by molar-refractivity contribution is 5.82. The van der Waals surface area contributed by atoms with Crippen LogP contribution in [-0.4, -0.2) is 17.8 Å². The van der Waals surface area contributed by atoms with Gasteiger partial charge in [0, 0.05) is 37.7 Å². The van der Waals surface area contributed by atoms with Crippen molar-refractivity contribution in [3.8, 4) is 0 Å². The van der Waals surface area contributed by atoms with Crippen molar-refractivity contribution < 1.29 is 9.47 Å². The molecule has 4 nitrogen and oxygen atoms in total. The van der Waals surface area contributed by atoms with Crippen LogP contribution in [0, 0.1) is 0 Å². The average molecular weight is 262 g/mol. The summed E-state index contributed by atoms with van der Waals surface area (Å²) >= 11 is 0. The molecule has 0 unspecified atom stereocenters. The molecule has 0 aliphatic rings. The molecule has 2 aromatic rings. The number of nitrogens with two attached hydrogens (primary N) is 1. The Morgan fingerprint density at radius 2 is 1.84 bits per heavy atom. The number of fused-ring (bicyclic) bond motifs is 1. The molecule has 19 heavy (non-hydrogen) atoms. The number of rotatable bonds is 6. The predicted molar refractivity (Wildman–Crippen MR) is 76.8 cm³/mol. The maximum Gasteiger partial charge on any atom is 0.199 e. The molecular formula is C15H22N2O2. The van der Waals surface area contributed by atoms with Crippen molar-refractivity contribution in [3.05, 3.63) is 35.5 Å². The van der Waals surface area contributed by atoms with Crippen LogP contribution < -0.4 is 5.73 Å². The first-order valence-electron chi connectivity index (χ1n) is 6.72. The van der Waals surface area contributed by atoms with E-state index in [2.05, 4.69) is 28.8 Å². The lowest BCUT2D eigenvalue weighted by atomic mass is 10.1. The largest absolute Gasteiger partial charge is 0.347 e. The zero-order chi connectivity index (χ0) is 13.8. The van der Waals surface area contributed by atoms with E-state index in [4.69, 9.17) is 15.2 Å². The number of aryl methyl sites for hydroxylation is 1. The van der Waals surface area contributed by atoms with E-state index in [1.54, 1.807) is 0 Å². The van der Waals surface area contributed by atoms with Gasteiger partial charge in [-0.05, 0) is 31.5 Å². The van der Waals surface area contributed by atoms with Crippen LogP contribution in [0.15, 0.2) is 24.3 Å². The molecule has 0 aliphatic heterocycles. The Labute approximate surface area is 114 Å². The van der Waals surface area contributed by atoms with Crippen molar-refractivity contribution >= 4 is 10.9 Å². The summed E-state index contributed by atoms with van der Waals surface area (Å²) in [6, 6.07) is 8.39. The number of aromatic nitrogens is 1. The van der Waals surface area contributed by atoms with Gasteiger partial charge in [-0.25, -0.2) is 0 Å². The average Bonchev–Trinajstić information content (AvgIpc) is 2.75. The summed E-state index contributed by atoms with van der Waals surface area (Å²) in [5.41, 5.74) is 9.01. The fourth-order valence-corrected chi connectivity index (χ4v) is 2.27. The summed E-state index contributed by atoms with van der Waals surface area (Å²) in [6.45, 7) is 5.75. The lowest BCUT2D eigenvalue weighted by molar-refractivity contribution is -0.143. The summed E-state index contributed by atoms with van der Waals surface area (Å²) in [7, 11) is 2.03. The molecule has 0 amide bonds. The maximum atomic E-state index is 5.69. The fourth-order valence-electron chi connectivity index (χ4n) is 2.27. The van der Waals surface area contributed by atoms with Crippen LogP contribution in [0.5, 0.6) is 0 Å². The summed E-state index contributed by atoms with van der Waals surface area (Å²) in [6.07, 6.45) is -0.311. The molecule has 0 spiro atoms. The molecule has 0 atom stereocenters. The van der Waals surface area contributed by atoms with Crippen molar-refractivity contribution in [2.24, 2.45) is 12.8 Å². The number of hydrogen-bond donors (Lipinski definition) is 1. The Kier molecular flexibility index (Phi) is 4.58. The van der Waals surface area contributed by atoms with Gasteiger partial charge in [0.15, 0.2) is 6.29 Å². The maximum absolute atomic E-state index is 5.69. The predicted octanol–water partition coefficient (Wildman–Crippen LogP) is 2.71. The van der Waals surface area contributed by atoms with Gasteiger partial charge in [0.05, 0.1) is 5.69 Å². The molecule has 1 heterocycles. The van der Waals surface area contributed by atoms with E-state index in [0.29, 0.717) is 19.8 Å². The van der Waals surface area contributed by atoms with E-state index < -0.39 is 0 Å². The van der Waals surface area contributed by atoms with Gasteiger partial charge in [-0.2, -0.15) is 0 Å². The first kappa shape index (κ1) is 14.1. The minimum atomic E-state index is -0.311. The fraction of sp³-hybridized carbons (Fsp3) is 0.467. The Morgan fingerprint density at radius 3 is 2.42 bits per heavy atom. The SMILES string of the molecule is CCOC(OCC)c1cc2ccc(CN)cc2n1C. The Hall–Kier alpha value is -1.36. The summed E-state index contributed by atoms with van der Waals surface area (Å²) in [4.78, 5) is 0. The van der Waals surface area contributed by atoms with Crippen molar-refractivity contribution in [2.75, 3.05) is 13.2 Å². The van der Waals surface area contributed by atoms with Crippen LogP contribution in [0.25, 0.3) is 10.9 Å². The van der Waals surface area contributed by atoms with Gasteiger partial charge in [0.1, 0.15) is 0 Å². The lowest BCUT2D eigenvalue weighted by Crippen LogP contribution is -2.12. The first-order valence-corrected chi connectivity index (χ1v) is 6.72. The van der Waals surface area contributed by atoms with Gasteiger partial charge < -0.3 is 19.8 Å². The Balaban J connectivity index is 2.45. The van der Waals surface area contributed by atoms with Crippen molar-refractivity contribution in [2.45, 2.75) is 26.7 Å². The van der Waals surface area contributed by atoms with Crippen LogP contribution >= 0.6 is 0 Å². The molecule has 0 radical (unpaired) electrons. The van der Waals surface area contributed by atoms with Crippen LogP contribution in [0.2, 0.25) is 0 Å². The van der Waals surface area contributed by atoms with Gasteiger partial charge in [0.25, 0.3) is 0 Å². The third-order valence-corrected chi connectivity index (χ3v) is 3.26. The Bertz CT molecular complexity index is 542. The monoisotopic (exact) mass is 262 g/mol. The van der Waals surface area contributed by atoms with E-state index >= 15 is 0 Å². The van der Waals surface area contributed by atoms with Gasteiger partial charge >= 0.3 is 0 Å². The molecule has 0 fully saturated rings. The molecule has 0 saturated carbocycles. The molecule has 2 N–H and O–H groups in total. The standard InChI is InChI=1S/C15H22N2O2/c1-4-18-15(19-5-2)14-9-12-7-6-11(10-16)8-13(12)17(14)3/h6-9,15H,4-5,10,16H2,1-3H3. The minimum absolute atomic E-state index is 0.311. The number of hydrogen-bond acceptors (Lipinski definition) is 3. The second-order valence-electron chi connectivity index (χ2n) is 4.47. The quantitative estimate of drug-likeness (QED) is 0.814. The van der Waals surface area contributed by atoms with Gasteiger partial charge in [-0.3, -0.25) is 0 Å². The minimum Gasteiger partial charge on any atom is -0.347 e. The molecular weight excluding hydrogens is 240 g/mol. The molecule has 0 bridgehead atoms.